The van der Waals surface area contributed by atoms with Crippen molar-refractivity contribution in [2.75, 3.05) is 25.0 Å². The van der Waals surface area contributed by atoms with E-state index in [-0.39, 0.29) is 23.8 Å². The number of hydrogen-bond donors (Lipinski definition) is 2. The van der Waals surface area contributed by atoms with Gasteiger partial charge in [-0.15, -0.1) is 0 Å². The van der Waals surface area contributed by atoms with Crippen LogP contribution >= 0.6 is 0 Å². The van der Waals surface area contributed by atoms with Crippen LogP contribution in [0.4, 0.5) is 5.69 Å². The predicted octanol–water partition coefficient (Wildman–Crippen LogP) is 0.882. The highest BCUT2D eigenvalue weighted by atomic mass is 16.2. The molecule has 1 aromatic carbocycles. The molecular formula is C19H21N5O3. The zero-order chi connectivity index (χ0) is 19.1. The van der Waals surface area contributed by atoms with Gasteiger partial charge in [-0.3, -0.25) is 19.5 Å². The first kappa shape index (κ1) is 17.3. The number of carbonyl (C=O) groups is 3. The maximum absolute atomic E-state index is 12.7. The molecule has 0 unspecified atom stereocenters. The fraction of sp³-hybridized carbons (Fsp3) is 0.368. The number of nitrogens with one attached hydrogen (secondary N) is 2. The van der Waals surface area contributed by atoms with E-state index in [4.69, 9.17) is 0 Å². The first-order chi connectivity index (χ1) is 12.9. The lowest BCUT2D eigenvalue weighted by atomic mass is 9.98. The van der Waals surface area contributed by atoms with Gasteiger partial charge in [0.1, 0.15) is 0 Å². The van der Waals surface area contributed by atoms with Crippen LogP contribution in [0.2, 0.25) is 0 Å². The van der Waals surface area contributed by atoms with Crippen molar-refractivity contribution in [2.45, 2.75) is 25.8 Å². The van der Waals surface area contributed by atoms with Crippen molar-refractivity contribution in [3.63, 3.8) is 0 Å². The minimum atomic E-state index is -0.188. The van der Waals surface area contributed by atoms with Crippen LogP contribution in [-0.2, 0) is 11.2 Å². The Bertz CT molecular complexity index is 929. The number of benzene rings is 1. The molecule has 2 aliphatic rings. The van der Waals surface area contributed by atoms with Gasteiger partial charge in [0.05, 0.1) is 17.8 Å². The third-order valence-electron chi connectivity index (χ3n) is 5.25. The molecule has 140 valence electrons. The molecule has 2 aromatic rings. The van der Waals surface area contributed by atoms with E-state index in [0.29, 0.717) is 42.8 Å². The van der Waals surface area contributed by atoms with Crippen LogP contribution in [0.25, 0.3) is 0 Å². The van der Waals surface area contributed by atoms with Gasteiger partial charge in [-0.1, -0.05) is 6.07 Å². The van der Waals surface area contributed by atoms with Gasteiger partial charge in [0.25, 0.3) is 11.8 Å². The number of amides is 3. The molecule has 1 saturated heterocycles. The second-order valence-electron chi connectivity index (χ2n) is 7.09. The third kappa shape index (κ3) is 3.07. The minimum absolute atomic E-state index is 0.0633. The molecule has 2 N–H and O–H groups in total. The van der Waals surface area contributed by atoms with Gasteiger partial charge in [0, 0.05) is 43.5 Å². The molecule has 0 spiro atoms. The van der Waals surface area contributed by atoms with Gasteiger partial charge in [0.2, 0.25) is 5.91 Å². The number of likely N-dealkylation sites (tertiary alicyclic amines) is 1. The summed E-state index contributed by atoms with van der Waals surface area (Å²) in [6.45, 7) is 2.72. The van der Waals surface area contributed by atoms with Crippen molar-refractivity contribution in [2.24, 2.45) is 0 Å². The summed E-state index contributed by atoms with van der Waals surface area (Å²) in [5.41, 5.74) is 3.68. The molecule has 0 saturated carbocycles. The number of aromatic nitrogens is 2. The Morgan fingerprint density at radius 1 is 1.26 bits per heavy atom. The number of carbonyl (C=O) groups excluding carboxylic acids is 3. The van der Waals surface area contributed by atoms with Crippen molar-refractivity contribution < 1.29 is 14.4 Å². The fourth-order valence-corrected chi connectivity index (χ4v) is 3.53. The highest BCUT2D eigenvalue weighted by Crippen LogP contribution is 2.28. The van der Waals surface area contributed by atoms with Crippen molar-refractivity contribution in [1.82, 2.24) is 20.4 Å². The normalized spacial score (nSPS) is 16.7. The van der Waals surface area contributed by atoms with Crippen LogP contribution < -0.4 is 10.2 Å². The van der Waals surface area contributed by atoms with E-state index in [1.165, 1.54) is 6.20 Å². The Morgan fingerprint density at radius 3 is 2.74 bits per heavy atom. The molecule has 1 aromatic heterocycles. The number of aromatic amines is 1. The van der Waals surface area contributed by atoms with Crippen molar-refractivity contribution in [1.29, 1.82) is 0 Å². The molecular weight excluding hydrogens is 346 g/mol. The number of anilines is 1. The summed E-state index contributed by atoms with van der Waals surface area (Å²) in [7, 11) is 1.74. The van der Waals surface area contributed by atoms with Gasteiger partial charge < -0.3 is 15.1 Å². The molecule has 0 radical (unpaired) electrons. The van der Waals surface area contributed by atoms with Crippen molar-refractivity contribution in [3.05, 3.63) is 46.8 Å². The third-order valence-corrected chi connectivity index (χ3v) is 5.25. The molecule has 3 amide bonds. The van der Waals surface area contributed by atoms with Gasteiger partial charge in [-0.2, -0.15) is 5.10 Å². The largest absolute Gasteiger partial charge is 0.346 e. The van der Waals surface area contributed by atoms with E-state index in [2.05, 4.69) is 15.5 Å². The second-order valence-corrected chi connectivity index (χ2v) is 7.09. The van der Waals surface area contributed by atoms with Crippen LogP contribution in [0.3, 0.4) is 0 Å². The number of nitrogens with zero attached hydrogens (tertiary/aromatic N) is 3. The van der Waals surface area contributed by atoms with E-state index in [9.17, 15) is 14.4 Å². The number of rotatable bonds is 3. The summed E-state index contributed by atoms with van der Waals surface area (Å²) in [4.78, 5) is 40.1. The van der Waals surface area contributed by atoms with Crippen LogP contribution in [-0.4, -0.2) is 59.0 Å². The zero-order valence-corrected chi connectivity index (χ0v) is 15.3. The monoisotopic (exact) mass is 367 g/mol. The Kier molecular flexibility index (Phi) is 4.18. The predicted molar refractivity (Wildman–Crippen MR) is 98.7 cm³/mol. The Labute approximate surface area is 156 Å². The van der Waals surface area contributed by atoms with E-state index in [1.54, 1.807) is 29.8 Å². The van der Waals surface area contributed by atoms with Crippen molar-refractivity contribution >= 4 is 23.4 Å². The van der Waals surface area contributed by atoms with Crippen LogP contribution in [0.5, 0.6) is 0 Å². The lowest BCUT2D eigenvalue weighted by Crippen LogP contribution is -2.61. The summed E-state index contributed by atoms with van der Waals surface area (Å²) in [6, 6.07) is 5.45. The topological polar surface area (TPSA) is 98.4 Å². The van der Waals surface area contributed by atoms with E-state index < -0.39 is 0 Å². The summed E-state index contributed by atoms with van der Waals surface area (Å²) >= 11 is 0. The Hall–Kier alpha value is -3.16. The zero-order valence-electron chi connectivity index (χ0n) is 15.3. The van der Waals surface area contributed by atoms with E-state index >= 15 is 0 Å². The quantitative estimate of drug-likeness (QED) is 0.841. The van der Waals surface area contributed by atoms with Crippen LogP contribution in [0.1, 0.15) is 38.4 Å². The maximum atomic E-state index is 12.7. The standard InChI is InChI=1S/C19H21N5O3/c1-11-15(8-20-22-11)18(26)21-14-9-24(10-14)19(27)13-4-3-12-5-6-17(25)23(2)16(12)7-13/h3-4,7-8,14H,5-6,9-10H2,1-2H3,(H,20,22)(H,21,26). The average molecular weight is 367 g/mol. The average Bonchev–Trinajstić information content (AvgIpc) is 3.06. The molecule has 27 heavy (non-hydrogen) atoms. The molecule has 3 heterocycles. The van der Waals surface area contributed by atoms with Crippen molar-refractivity contribution in [3.8, 4) is 0 Å². The molecule has 0 atom stereocenters. The number of fused-ring (bicyclic) bond motifs is 1. The lowest BCUT2D eigenvalue weighted by Gasteiger charge is -2.39. The number of hydrogen-bond acceptors (Lipinski definition) is 4. The Balaban J connectivity index is 1.39. The molecule has 8 heteroatoms. The summed E-state index contributed by atoms with van der Waals surface area (Å²) in [5.74, 6) is -0.213. The van der Waals surface area contributed by atoms with Gasteiger partial charge >= 0.3 is 0 Å². The maximum Gasteiger partial charge on any atom is 0.255 e. The smallest absolute Gasteiger partial charge is 0.255 e. The summed E-state index contributed by atoms with van der Waals surface area (Å²) in [5, 5.41) is 9.49. The highest BCUT2D eigenvalue weighted by Gasteiger charge is 2.33. The summed E-state index contributed by atoms with van der Waals surface area (Å²) < 4.78 is 0. The second kappa shape index (κ2) is 6.53. The summed E-state index contributed by atoms with van der Waals surface area (Å²) in [6.07, 6.45) is 2.70. The van der Waals surface area contributed by atoms with Gasteiger partial charge in [-0.25, -0.2) is 0 Å². The van der Waals surface area contributed by atoms with Gasteiger partial charge in [0.15, 0.2) is 0 Å². The highest BCUT2D eigenvalue weighted by molar-refractivity contribution is 6.00. The molecule has 4 rings (SSSR count). The number of H-pyrrole nitrogens is 1. The molecule has 8 nitrogen and oxygen atoms in total. The minimum Gasteiger partial charge on any atom is -0.346 e. The first-order valence-electron chi connectivity index (χ1n) is 8.93. The molecule has 2 aliphatic heterocycles. The fourth-order valence-electron chi connectivity index (χ4n) is 3.53. The van der Waals surface area contributed by atoms with Crippen LogP contribution in [0, 0.1) is 6.92 Å². The van der Waals surface area contributed by atoms with Crippen LogP contribution in [0.15, 0.2) is 24.4 Å². The van der Waals surface area contributed by atoms with Gasteiger partial charge in [-0.05, 0) is 31.0 Å². The number of aryl methyl sites for hydroxylation is 2. The lowest BCUT2D eigenvalue weighted by molar-refractivity contribution is -0.118. The van der Waals surface area contributed by atoms with E-state index in [0.717, 1.165) is 11.3 Å². The molecule has 0 bridgehead atoms. The Morgan fingerprint density at radius 2 is 2.04 bits per heavy atom. The SMILES string of the molecule is Cc1[nH]ncc1C(=O)NC1CN(C(=O)c2ccc3c(c2)N(C)C(=O)CC3)C1. The molecule has 0 aliphatic carbocycles. The first-order valence-corrected chi connectivity index (χ1v) is 8.93. The van der Waals surface area contributed by atoms with E-state index in [1.807, 2.05) is 12.1 Å². The molecule has 1 fully saturated rings.